The summed E-state index contributed by atoms with van der Waals surface area (Å²) < 4.78 is 74.7. The fourth-order valence-electron chi connectivity index (χ4n) is 2.87. The maximum atomic E-state index is 13.8. The molecular weight excluding hydrogens is 467 g/mol. The smallest absolute Gasteiger partial charge is 0.405 e. The summed E-state index contributed by atoms with van der Waals surface area (Å²) in [7, 11) is 0. The first kappa shape index (κ1) is 21.4. The molecule has 0 saturated heterocycles. The van der Waals surface area contributed by atoms with Gasteiger partial charge in [0.1, 0.15) is 18.1 Å². The van der Waals surface area contributed by atoms with E-state index in [4.69, 9.17) is 4.74 Å². The Bertz CT molecular complexity index is 936. The number of amides is 1. The third-order valence-corrected chi connectivity index (χ3v) is 4.62. The largest absolute Gasteiger partial charge is 0.573 e. The lowest BCUT2D eigenvalue weighted by Crippen LogP contribution is -2.31. The van der Waals surface area contributed by atoms with Gasteiger partial charge in [0.05, 0.1) is 18.2 Å². The van der Waals surface area contributed by atoms with E-state index in [0.29, 0.717) is 4.47 Å². The van der Waals surface area contributed by atoms with Crippen molar-refractivity contribution in [2.45, 2.75) is 31.9 Å². The molecule has 2 heterocycles. The molecule has 3 rings (SSSR count). The van der Waals surface area contributed by atoms with Crippen LogP contribution in [0.5, 0.6) is 5.75 Å². The lowest BCUT2D eigenvalue weighted by Gasteiger charge is -2.24. The fraction of sp³-hybridized carbons (Fsp3) is 0.333. The van der Waals surface area contributed by atoms with Crippen LogP contribution in [-0.4, -0.2) is 23.9 Å². The monoisotopic (exact) mass is 480 g/mol. The topological polar surface area (TPSA) is 60.5 Å². The molecule has 0 fully saturated rings. The van der Waals surface area contributed by atoms with Crippen molar-refractivity contribution in [3.8, 4) is 5.75 Å². The minimum absolute atomic E-state index is 0.0210. The average Bonchev–Trinajstić information content (AvgIpc) is 2.59. The molecule has 0 unspecified atom stereocenters. The van der Waals surface area contributed by atoms with E-state index in [0.717, 1.165) is 12.3 Å². The maximum Gasteiger partial charge on any atom is 0.573 e. The van der Waals surface area contributed by atoms with E-state index in [1.165, 1.54) is 25.1 Å². The Labute approximate surface area is 170 Å². The van der Waals surface area contributed by atoms with Gasteiger partial charge < -0.3 is 14.8 Å². The van der Waals surface area contributed by atoms with E-state index >= 15 is 0 Å². The Morgan fingerprint density at radius 1 is 1.34 bits per heavy atom. The highest BCUT2D eigenvalue weighted by Gasteiger charge is 2.39. The second-order valence-electron chi connectivity index (χ2n) is 6.35. The second-order valence-corrected chi connectivity index (χ2v) is 7.27. The number of fused-ring (bicyclic) bond motifs is 1. The third kappa shape index (κ3) is 5.02. The number of alkyl halides is 5. The maximum absolute atomic E-state index is 13.8. The van der Waals surface area contributed by atoms with Crippen LogP contribution >= 0.6 is 15.9 Å². The summed E-state index contributed by atoms with van der Waals surface area (Å²) in [4.78, 5) is 16.2. The molecule has 11 heteroatoms. The predicted molar refractivity (Wildman–Crippen MR) is 94.5 cm³/mol. The number of carbonyl (C=O) groups excluding carboxylic acids is 1. The van der Waals surface area contributed by atoms with Crippen molar-refractivity contribution in [3.63, 3.8) is 0 Å². The molecule has 156 valence electrons. The molecule has 1 amide bonds. The molecule has 0 spiro atoms. The van der Waals surface area contributed by atoms with Crippen molar-refractivity contribution in [3.05, 3.63) is 57.3 Å². The number of carbonyl (C=O) groups is 1. The number of rotatable bonds is 4. The van der Waals surface area contributed by atoms with Crippen LogP contribution in [-0.2, 0) is 17.3 Å². The third-order valence-electron chi connectivity index (χ3n) is 4.13. The van der Waals surface area contributed by atoms with Crippen LogP contribution in [0, 0.1) is 0 Å². The van der Waals surface area contributed by atoms with Gasteiger partial charge in [-0.15, -0.1) is 13.2 Å². The van der Waals surface area contributed by atoms with Crippen molar-refractivity contribution in [1.82, 2.24) is 10.3 Å². The lowest BCUT2D eigenvalue weighted by molar-refractivity contribution is -0.275. The first-order valence-electron chi connectivity index (χ1n) is 8.27. The van der Waals surface area contributed by atoms with Crippen molar-refractivity contribution in [2.24, 2.45) is 0 Å². The molecule has 29 heavy (non-hydrogen) atoms. The molecule has 1 aromatic carbocycles. The zero-order valence-electron chi connectivity index (χ0n) is 14.8. The molecule has 1 aromatic heterocycles. The van der Waals surface area contributed by atoms with E-state index in [1.807, 2.05) is 0 Å². The minimum Gasteiger partial charge on any atom is -0.405 e. The number of aromatic nitrogens is 1. The number of halogens is 6. The van der Waals surface area contributed by atoms with Gasteiger partial charge in [-0.3, -0.25) is 9.78 Å². The molecule has 2 aromatic rings. The van der Waals surface area contributed by atoms with Crippen LogP contribution in [0.2, 0.25) is 0 Å². The Hall–Kier alpha value is -2.27. The summed E-state index contributed by atoms with van der Waals surface area (Å²) in [5.41, 5.74) is -0.319. The summed E-state index contributed by atoms with van der Waals surface area (Å²) in [5.74, 6) is -4.42. The standard InChI is InChI=1S/C18H14BrF5N2O3/c1-9(13-3-2-12(19)5-14(13)29-18(22,23)24)26-16(27)10-4-11-7-28-8-17(20,21)15(11)25-6-10/h2-6,9H,7-8H2,1H3,(H,26,27)/t9-/m0/s1. The minimum atomic E-state index is -4.91. The van der Waals surface area contributed by atoms with Crippen molar-refractivity contribution < 1.29 is 36.2 Å². The highest BCUT2D eigenvalue weighted by Crippen LogP contribution is 2.35. The first-order chi connectivity index (χ1) is 13.5. The van der Waals surface area contributed by atoms with Crippen molar-refractivity contribution in [2.75, 3.05) is 6.61 Å². The number of nitrogens with zero attached hydrogens (tertiary/aromatic N) is 1. The van der Waals surface area contributed by atoms with Crippen LogP contribution in [0.25, 0.3) is 0 Å². The van der Waals surface area contributed by atoms with Gasteiger partial charge in [0, 0.05) is 21.8 Å². The van der Waals surface area contributed by atoms with Gasteiger partial charge in [0.25, 0.3) is 5.91 Å². The fourth-order valence-corrected chi connectivity index (χ4v) is 3.21. The zero-order valence-corrected chi connectivity index (χ0v) is 16.4. The molecule has 0 aliphatic carbocycles. The Kier molecular flexibility index (Phi) is 5.81. The van der Waals surface area contributed by atoms with Crippen LogP contribution in [0.15, 0.2) is 34.9 Å². The predicted octanol–water partition coefficient (Wildman–Crippen LogP) is 4.86. The average molecular weight is 481 g/mol. The number of hydrogen-bond acceptors (Lipinski definition) is 4. The van der Waals surface area contributed by atoms with Gasteiger partial charge in [0.2, 0.25) is 0 Å². The molecule has 1 N–H and O–H groups in total. The van der Waals surface area contributed by atoms with Crippen LogP contribution in [0.3, 0.4) is 0 Å². The van der Waals surface area contributed by atoms with E-state index in [9.17, 15) is 26.7 Å². The van der Waals surface area contributed by atoms with Gasteiger partial charge in [0.15, 0.2) is 0 Å². The van der Waals surface area contributed by atoms with Gasteiger partial charge in [-0.25, -0.2) is 0 Å². The van der Waals surface area contributed by atoms with Crippen LogP contribution < -0.4 is 10.1 Å². The number of benzene rings is 1. The summed E-state index contributed by atoms with van der Waals surface area (Å²) in [5, 5.41) is 2.52. The quantitative estimate of drug-likeness (QED) is 0.635. The first-order valence-corrected chi connectivity index (χ1v) is 9.06. The Morgan fingerprint density at radius 3 is 2.76 bits per heavy atom. The summed E-state index contributed by atoms with van der Waals surface area (Å²) >= 11 is 3.07. The molecule has 5 nitrogen and oxygen atoms in total. The Morgan fingerprint density at radius 2 is 2.07 bits per heavy atom. The van der Waals surface area contributed by atoms with Gasteiger partial charge in [-0.05, 0) is 25.1 Å². The molecule has 0 bridgehead atoms. The Balaban J connectivity index is 1.81. The zero-order chi connectivity index (χ0) is 21.4. The molecule has 0 radical (unpaired) electrons. The number of pyridine rings is 1. The molecule has 1 atom stereocenters. The summed E-state index contributed by atoms with van der Waals surface area (Å²) in [6, 6.07) is 4.36. The van der Waals surface area contributed by atoms with Gasteiger partial charge >= 0.3 is 12.3 Å². The number of nitrogens with one attached hydrogen (secondary N) is 1. The van der Waals surface area contributed by atoms with Crippen molar-refractivity contribution in [1.29, 1.82) is 0 Å². The van der Waals surface area contributed by atoms with E-state index in [2.05, 4.69) is 31.0 Å². The summed E-state index contributed by atoms with van der Waals surface area (Å²) in [6.07, 6.45) is -3.91. The summed E-state index contributed by atoms with van der Waals surface area (Å²) in [6.45, 7) is 0.555. The normalized spacial score (nSPS) is 16.7. The molecular formula is C18H14BrF5N2O3. The van der Waals surface area contributed by atoms with Crippen LogP contribution in [0.1, 0.15) is 40.1 Å². The highest BCUT2D eigenvalue weighted by molar-refractivity contribution is 9.10. The highest BCUT2D eigenvalue weighted by atomic mass is 79.9. The van der Waals surface area contributed by atoms with Gasteiger partial charge in [-0.2, -0.15) is 8.78 Å². The lowest BCUT2D eigenvalue weighted by atomic mass is 10.0. The molecule has 0 saturated carbocycles. The molecule has 1 aliphatic rings. The van der Waals surface area contributed by atoms with E-state index < -0.39 is 42.3 Å². The SMILES string of the molecule is C[C@H](NC(=O)c1cnc2c(c1)COCC2(F)F)c1ccc(Br)cc1OC(F)(F)F. The number of hydrogen-bond donors (Lipinski definition) is 1. The van der Waals surface area contributed by atoms with Crippen LogP contribution in [0.4, 0.5) is 22.0 Å². The molecule has 1 aliphatic heterocycles. The van der Waals surface area contributed by atoms with E-state index in [-0.39, 0.29) is 23.3 Å². The number of ether oxygens (including phenoxy) is 2. The van der Waals surface area contributed by atoms with Crippen molar-refractivity contribution >= 4 is 21.8 Å². The van der Waals surface area contributed by atoms with Gasteiger partial charge in [-0.1, -0.05) is 22.0 Å². The second kappa shape index (κ2) is 7.86. The van der Waals surface area contributed by atoms with E-state index in [1.54, 1.807) is 0 Å².